The number of amides is 1. The van der Waals surface area contributed by atoms with Gasteiger partial charge >= 0.3 is 5.97 Å². The van der Waals surface area contributed by atoms with Gasteiger partial charge < -0.3 is 14.8 Å². The molecule has 118 valence electrons. The number of carboxylic acids is 1. The molecule has 2 rings (SSSR count). The number of aryl methyl sites for hydroxylation is 1. The van der Waals surface area contributed by atoms with Crippen molar-refractivity contribution in [2.24, 2.45) is 0 Å². The van der Waals surface area contributed by atoms with Crippen molar-refractivity contribution in [3.8, 4) is 0 Å². The van der Waals surface area contributed by atoms with Gasteiger partial charge in [-0.1, -0.05) is 19.8 Å². The van der Waals surface area contributed by atoms with Gasteiger partial charge in [-0.3, -0.25) is 4.79 Å². The SMILES string of the molecule is CCCCC(NC(=O)Cc1cn2ccc(C)cc2n1)C(=O)O. The maximum atomic E-state index is 12.0. The molecule has 1 atom stereocenters. The molecule has 0 aliphatic carbocycles. The van der Waals surface area contributed by atoms with E-state index in [1.165, 1.54) is 0 Å². The lowest BCUT2D eigenvalue weighted by Crippen LogP contribution is -2.41. The van der Waals surface area contributed by atoms with Crippen LogP contribution in [0.5, 0.6) is 0 Å². The van der Waals surface area contributed by atoms with Crippen LogP contribution in [-0.2, 0) is 16.0 Å². The van der Waals surface area contributed by atoms with Crippen LogP contribution in [0.1, 0.15) is 37.4 Å². The number of carbonyl (C=O) groups excluding carboxylic acids is 1. The molecular weight excluding hydrogens is 282 g/mol. The van der Waals surface area contributed by atoms with Crippen LogP contribution in [0.2, 0.25) is 0 Å². The first-order valence-electron chi connectivity index (χ1n) is 7.46. The summed E-state index contributed by atoms with van der Waals surface area (Å²) in [5.41, 5.74) is 2.51. The standard InChI is InChI=1S/C16H21N3O3/c1-3-4-5-13(16(21)22)18-15(20)9-12-10-19-7-6-11(2)8-14(19)17-12/h6-8,10,13H,3-5,9H2,1-2H3,(H,18,20)(H,21,22). The van der Waals surface area contributed by atoms with Crippen LogP contribution in [0, 0.1) is 6.92 Å². The van der Waals surface area contributed by atoms with Crippen molar-refractivity contribution in [2.75, 3.05) is 0 Å². The van der Waals surface area contributed by atoms with Crippen molar-refractivity contribution >= 4 is 17.5 Å². The number of pyridine rings is 1. The first-order chi connectivity index (χ1) is 10.5. The van der Waals surface area contributed by atoms with E-state index in [9.17, 15) is 9.59 Å². The summed E-state index contributed by atoms with van der Waals surface area (Å²) >= 11 is 0. The average molecular weight is 303 g/mol. The van der Waals surface area contributed by atoms with Crippen molar-refractivity contribution in [3.63, 3.8) is 0 Å². The number of carboxylic acid groups (broad SMARTS) is 1. The van der Waals surface area contributed by atoms with Crippen LogP contribution < -0.4 is 5.32 Å². The fourth-order valence-electron chi connectivity index (χ4n) is 2.30. The minimum Gasteiger partial charge on any atom is -0.480 e. The number of aromatic nitrogens is 2. The van der Waals surface area contributed by atoms with Gasteiger partial charge in [0.15, 0.2) is 0 Å². The molecule has 0 aromatic carbocycles. The number of hydrogen-bond donors (Lipinski definition) is 2. The predicted molar refractivity (Wildman–Crippen MR) is 82.7 cm³/mol. The van der Waals surface area contributed by atoms with Crippen LogP contribution in [0.3, 0.4) is 0 Å². The molecule has 2 aromatic rings. The molecule has 0 spiro atoms. The molecule has 0 aliphatic heterocycles. The molecule has 0 fully saturated rings. The number of hydrogen-bond acceptors (Lipinski definition) is 3. The molecule has 0 saturated carbocycles. The molecular formula is C16H21N3O3. The van der Waals surface area contributed by atoms with Gasteiger partial charge in [0.25, 0.3) is 0 Å². The zero-order chi connectivity index (χ0) is 16.1. The smallest absolute Gasteiger partial charge is 0.326 e. The van der Waals surface area contributed by atoms with E-state index in [1.807, 2.05) is 36.6 Å². The molecule has 1 unspecified atom stereocenters. The second-order valence-corrected chi connectivity index (χ2v) is 5.48. The first-order valence-corrected chi connectivity index (χ1v) is 7.46. The Kier molecular flexibility index (Phi) is 5.14. The molecule has 0 aliphatic rings. The second kappa shape index (κ2) is 7.06. The van der Waals surface area contributed by atoms with Crippen molar-refractivity contribution in [2.45, 2.75) is 45.6 Å². The number of unbranched alkanes of at least 4 members (excludes halogenated alkanes) is 1. The number of carbonyl (C=O) groups is 2. The lowest BCUT2D eigenvalue weighted by molar-refractivity contribution is -0.142. The molecule has 6 heteroatoms. The largest absolute Gasteiger partial charge is 0.480 e. The van der Waals surface area contributed by atoms with Gasteiger partial charge in [-0.25, -0.2) is 9.78 Å². The van der Waals surface area contributed by atoms with Crippen LogP contribution in [-0.4, -0.2) is 32.4 Å². The molecule has 1 amide bonds. The highest BCUT2D eigenvalue weighted by Crippen LogP contribution is 2.08. The predicted octanol–water partition coefficient (Wildman–Crippen LogP) is 1.94. The van der Waals surface area contributed by atoms with Crippen LogP contribution in [0.25, 0.3) is 5.65 Å². The van der Waals surface area contributed by atoms with E-state index < -0.39 is 12.0 Å². The molecule has 2 aromatic heterocycles. The minimum absolute atomic E-state index is 0.0800. The molecule has 2 N–H and O–H groups in total. The van der Waals surface area contributed by atoms with Crippen molar-refractivity contribution in [1.82, 2.24) is 14.7 Å². The van der Waals surface area contributed by atoms with Crippen LogP contribution in [0.4, 0.5) is 0 Å². The third-order valence-corrected chi connectivity index (χ3v) is 3.49. The zero-order valence-electron chi connectivity index (χ0n) is 12.9. The van der Waals surface area contributed by atoms with Gasteiger partial charge in [-0.15, -0.1) is 0 Å². The highest BCUT2D eigenvalue weighted by atomic mass is 16.4. The summed E-state index contributed by atoms with van der Waals surface area (Å²) in [7, 11) is 0. The summed E-state index contributed by atoms with van der Waals surface area (Å²) < 4.78 is 1.85. The fourth-order valence-corrected chi connectivity index (χ4v) is 2.30. The topological polar surface area (TPSA) is 83.7 Å². The van der Waals surface area contributed by atoms with E-state index in [0.29, 0.717) is 12.1 Å². The monoisotopic (exact) mass is 303 g/mol. The zero-order valence-corrected chi connectivity index (χ0v) is 12.9. The number of aliphatic carboxylic acids is 1. The number of nitrogens with one attached hydrogen (secondary N) is 1. The highest BCUT2D eigenvalue weighted by Gasteiger charge is 2.19. The van der Waals surface area contributed by atoms with Gasteiger partial charge in [0.2, 0.25) is 5.91 Å². The molecule has 22 heavy (non-hydrogen) atoms. The number of fused-ring (bicyclic) bond motifs is 1. The summed E-state index contributed by atoms with van der Waals surface area (Å²) in [4.78, 5) is 27.5. The normalized spacial score (nSPS) is 12.3. The molecule has 6 nitrogen and oxygen atoms in total. The van der Waals surface area contributed by atoms with Gasteiger partial charge in [0.1, 0.15) is 11.7 Å². The van der Waals surface area contributed by atoms with Crippen molar-refractivity contribution < 1.29 is 14.7 Å². The Morgan fingerprint density at radius 1 is 1.45 bits per heavy atom. The molecule has 0 radical (unpaired) electrons. The van der Waals surface area contributed by atoms with Gasteiger partial charge in [-0.2, -0.15) is 0 Å². The molecule has 0 saturated heterocycles. The maximum Gasteiger partial charge on any atom is 0.326 e. The van der Waals surface area contributed by atoms with E-state index >= 15 is 0 Å². The summed E-state index contributed by atoms with van der Waals surface area (Å²) in [5.74, 6) is -1.31. The van der Waals surface area contributed by atoms with Crippen molar-refractivity contribution in [1.29, 1.82) is 0 Å². The number of imidazole rings is 1. The second-order valence-electron chi connectivity index (χ2n) is 5.48. The quantitative estimate of drug-likeness (QED) is 0.819. The summed E-state index contributed by atoms with van der Waals surface area (Å²) in [5, 5.41) is 11.7. The van der Waals surface area contributed by atoms with Crippen LogP contribution >= 0.6 is 0 Å². The highest BCUT2D eigenvalue weighted by molar-refractivity contribution is 5.84. The Balaban J connectivity index is 2.01. The van der Waals surface area contributed by atoms with E-state index in [2.05, 4.69) is 10.3 Å². The van der Waals surface area contributed by atoms with Crippen LogP contribution in [0.15, 0.2) is 24.5 Å². The number of nitrogens with zero attached hydrogens (tertiary/aromatic N) is 2. The van der Waals surface area contributed by atoms with Gasteiger partial charge in [-0.05, 0) is 31.0 Å². The van der Waals surface area contributed by atoms with Gasteiger partial charge in [0, 0.05) is 12.4 Å². The average Bonchev–Trinajstić information content (AvgIpc) is 2.84. The lowest BCUT2D eigenvalue weighted by Gasteiger charge is -2.13. The minimum atomic E-state index is -0.993. The van der Waals surface area contributed by atoms with E-state index in [0.717, 1.165) is 24.1 Å². The third-order valence-electron chi connectivity index (χ3n) is 3.49. The van der Waals surface area contributed by atoms with Gasteiger partial charge in [0.05, 0.1) is 12.1 Å². The van der Waals surface area contributed by atoms with E-state index in [4.69, 9.17) is 5.11 Å². The fraction of sp³-hybridized carbons (Fsp3) is 0.438. The Bertz CT molecular complexity index is 678. The molecule has 2 heterocycles. The summed E-state index contributed by atoms with van der Waals surface area (Å²) in [6.07, 6.45) is 5.87. The third kappa shape index (κ3) is 4.07. The maximum absolute atomic E-state index is 12.0. The number of rotatable bonds is 7. The van der Waals surface area contributed by atoms with E-state index in [1.54, 1.807) is 6.20 Å². The van der Waals surface area contributed by atoms with Crippen molar-refractivity contribution in [3.05, 3.63) is 35.8 Å². The lowest BCUT2D eigenvalue weighted by atomic mass is 10.1. The first kappa shape index (κ1) is 16.0. The Morgan fingerprint density at radius 3 is 2.91 bits per heavy atom. The van der Waals surface area contributed by atoms with E-state index in [-0.39, 0.29) is 12.3 Å². The Morgan fingerprint density at radius 2 is 2.23 bits per heavy atom. The summed E-state index contributed by atoms with van der Waals surface area (Å²) in [6.45, 7) is 3.96. The Hall–Kier alpha value is -2.37. The molecule has 0 bridgehead atoms. The Labute approximate surface area is 129 Å². The summed E-state index contributed by atoms with van der Waals surface area (Å²) in [6, 6.07) is 3.07.